The molecule has 0 aromatic rings. The zero-order valence-electron chi connectivity index (χ0n) is 7.99. The first-order valence-corrected chi connectivity index (χ1v) is 4.28. The molecule has 76 valence electrons. The second-order valence-electron chi connectivity index (χ2n) is 2.70. The van der Waals surface area contributed by atoms with Gasteiger partial charge >= 0.3 is 0 Å². The maximum atomic E-state index is 11.3. The van der Waals surface area contributed by atoms with Crippen LogP contribution in [-0.2, 0) is 9.59 Å². The van der Waals surface area contributed by atoms with E-state index in [1.54, 1.807) is 13.8 Å². The van der Waals surface area contributed by atoms with Gasteiger partial charge in [0.05, 0.1) is 6.42 Å². The Morgan fingerprint density at radius 2 is 1.85 bits per heavy atom. The summed E-state index contributed by atoms with van der Waals surface area (Å²) in [4.78, 5) is 23.2. The van der Waals surface area contributed by atoms with E-state index in [9.17, 15) is 14.7 Å². The van der Waals surface area contributed by atoms with E-state index in [1.807, 2.05) is 0 Å². The van der Waals surface area contributed by atoms with Crippen LogP contribution in [0.2, 0.25) is 0 Å². The summed E-state index contributed by atoms with van der Waals surface area (Å²) in [5, 5.41) is 9.23. The largest absolute Gasteiger partial charge is 0.383 e. The number of primary amides is 1. The first kappa shape index (κ1) is 11.9. The molecule has 2 amide bonds. The predicted molar refractivity (Wildman–Crippen MR) is 47.7 cm³/mol. The van der Waals surface area contributed by atoms with E-state index in [1.165, 1.54) is 4.90 Å². The first-order chi connectivity index (χ1) is 6.02. The summed E-state index contributed by atoms with van der Waals surface area (Å²) in [5.74, 6) is -1.11. The minimum atomic E-state index is -1.29. The number of nitrogens with two attached hydrogens (primary N) is 1. The molecule has 0 aliphatic heterocycles. The van der Waals surface area contributed by atoms with E-state index in [-0.39, 0.29) is 6.42 Å². The molecule has 0 aromatic carbocycles. The van der Waals surface area contributed by atoms with Gasteiger partial charge in [-0.1, -0.05) is 0 Å². The van der Waals surface area contributed by atoms with E-state index in [0.717, 1.165) is 0 Å². The van der Waals surface area contributed by atoms with Crippen molar-refractivity contribution in [3.8, 4) is 0 Å². The van der Waals surface area contributed by atoms with Crippen LogP contribution in [0.5, 0.6) is 0 Å². The normalized spacial score (nSPS) is 12.2. The first-order valence-electron chi connectivity index (χ1n) is 4.28. The highest BCUT2D eigenvalue weighted by atomic mass is 16.3. The van der Waals surface area contributed by atoms with Crippen molar-refractivity contribution in [3.05, 3.63) is 0 Å². The summed E-state index contributed by atoms with van der Waals surface area (Å²) in [6, 6.07) is 0. The lowest BCUT2D eigenvalue weighted by Gasteiger charge is -2.21. The monoisotopic (exact) mass is 188 g/mol. The van der Waals surface area contributed by atoms with Crippen molar-refractivity contribution in [1.82, 2.24) is 4.90 Å². The second kappa shape index (κ2) is 5.53. The molecule has 0 aromatic heterocycles. The van der Waals surface area contributed by atoms with E-state index >= 15 is 0 Å². The van der Waals surface area contributed by atoms with Gasteiger partial charge in [0.2, 0.25) is 5.91 Å². The van der Waals surface area contributed by atoms with Crippen LogP contribution in [0.4, 0.5) is 0 Å². The third-order valence-electron chi connectivity index (χ3n) is 1.75. The lowest BCUT2D eigenvalue weighted by atomic mass is 10.2. The molecule has 5 heteroatoms. The van der Waals surface area contributed by atoms with Gasteiger partial charge in [0.15, 0.2) is 0 Å². The number of hydrogen-bond acceptors (Lipinski definition) is 3. The predicted octanol–water partition coefficient (Wildman–Crippen LogP) is -0.909. The third-order valence-corrected chi connectivity index (χ3v) is 1.75. The highest BCUT2D eigenvalue weighted by Gasteiger charge is 2.21. The Balaban J connectivity index is 4.14. The van der Waals surface area contributed by atoms with Crippen LogP contribution < -0.4 is 5.73 Å². The summed E-state index contributed by atoms with van der Waals surface area (Å²) < 4.78 is 0. The van der Waals surface area contributed by atoms with Crippen molar-refractivity contribution < 1.29 is 14.7 Å². The molecule has 3 N–H and O–H groups in total. The molecule has 0 rings (SSSR count). The van der Waals surface area contributed by atoms with Crippen LogP contribution >= 0.6 is 0 Å². The fraction of sp³-hybridized carbons (Fsp3) is 0.750. The van der Waals surface area contributed by atoms with Crippen molar-refractivity contribution in [2.45, 2.75) is 26.4 Å². The number of likely N-dealkylation sites (N-methyl/N-ethyl adjacent to an activating group) is 1. The molecule has 5 nitrogen and oxygen atoms in total. The van der Waals surface area contributed by atoms with Crippen molar-refractivity contribution in [2.24, 2.45) is 5.73 Å². The molecule has 0 heterocycles. The number of carbonyl (C=O) groups is 2. The fourth-order valence-corrected chi connectivity index (χ4v) is 1.02. The van der Waals surface area contributed by atoms with Crippen LogP contribution in [0.1, 0.15) is 20.3 Å². The zero-order chi connectivity index (χ0) is 10.4. The van der Waals surface area contributed by atoms with E-state index < -0.39 is 17.9 Å². The topological polar surface area (TPSA) is 83.6 Å². The van der Waals surface area contributed by atoms with Gasteiger partial charge in [-0.05, 0) is 13.8 Å². The lowest BCUT2D eigenvalue weighted by molar-refractivity contribution is -0.142. The number of hydrogen-bond donors (Lipinski definition) is 2. The zero-order valence-corrected chi connectivity index (χ0v) is 7.99. The quantitative estimate of drug-likeness (QED) is 0.586. The molecular formula is C8H16N2O3. The number of rotatable bonds is 5. The Bertz CT molecular complexity index is 190. The molecule has 0 spiro atoms. The summed E-state index contributed by atoms with van der Waals surface area (Å²) in [5.41, 5.74) is 4.84. The Hall–Kier alpha value is -1.10. The summed E-state index contributed by atoms with van der Waals surface area (Å²) in [7, 11) is 0. The molecule has 0 aliphatic rings. The number of amides is 2. The molecular weight excluding hydrogens is 172 g/mol. The van der Waals surface area contributed by atoms with Gasteiger partial charge in [-0.3, -0.25) is 9.59 Å². The molecule has 0 saturated heterocycles. The molecule has 13 heavy (non-hydrogen) atoms. The number of nitrogens with zero attached hydrogens (tertiary/aromatic N) is 1. The van der Waals surface area contributed by atoms with Gasteiger partial charge in [0, 0.05) is 13.1 Å². The van der Waals surface area contributed by atoms with E-state index in [4.69, 9.17) is 5.73 Å². The van der Waals surface area contributed by atoms with Gasteiger partial charge in [-0.15, -0.1) is 0 Å². The molecule has 0 fully saturated rings. The average Bonchev–Trinajstić information content (AvgIpc) is 2.05. The highest BCUT2D eigenvalue weighted by Crippen LogP contribution is 1.98. The van der Waals surface area contributed by atoms with Gasteiger partial charge in [-0.25, -0.2) is 0 Å². The number of aliphatic hydroxyl groups excluding tert-OH is 1. The summed E-state index contributed by atoms with van der Waals surface area (Å²) >= 11 is 0. The maximum Gasteiger partial charge on any atom is 0.251 e. The summed E-state index contributed by atoms with van der Waals surface area (Å²) in [6.07, 6.45) is -1.60. The number of aliphatic hydroxyl groups is 1. The van der Waals surface area contributed by atoms with Crippen LogP contribution in [0.25, 0.3) is 0 Å². The summed E-state index contributed by atoms with van der Waals surface area (Å²) in [6.45, 7) is 4.65. The van der Waals surface area contributed by atoms with Crippen LogP contribution in [0, 0.1) is 0 Å². The Labute approximate surface area is 77.5 Å². The lowest BCUT2D eigenvalue weighted by Crippen LogP contribution is -2.40. The molecule has 0 aliphatic carbocycles. The van der Waals surface area contributed by atoms with Crippen LogP contribution in [-0.4, -0.2) is 41.0 Å². The maximum absolute atomic E-state index is 11.3. The molecule has 0 unspecified atom stereocenters. The van der Waals surface area contributed by atoms with Crippen molar-refractivity contribution in [3.63, 3.8) is 0 Å². The highest BCUT2D eigenvalue weighted by molar-refractivity contribution is 5.86. The second-order valence-corrected chi connectivity index (χ2v) is 2.70. The molecule has 1 atom stereocenters. The van der Waals surface area contributed by atoms with Crippen molar-refractivity contribution >= 4 is 11.8 Å². The van der Waals surface area contributed by atoms with Crippen molar-refractivity contribution in [2.75, 3.05) is 13.1 Å². The number of carbonyl (C=O) groups excluding carboxylic acids is 2. The standard InChI is InChI=1S/C8H16N2O3/c1-3-10(4-2)8(13)6(11)5-7(9)12/h6,11H,3-5H2,1-2H3,(H2,9,12)/t6-/m0/s1. The van der Waals surface area contributed by atoms with E-state index in [0.29, 0.717) is 13.1 Å². The van der Waals surface area contributed by atoms with Crippen LogP contribution in [0.15, 0.2) is 0 Å². The van der Waals surface area contributed by atoms with Crippen molar-refractivity contribution in [1.29, 1.82) is 0 Å². The minimum absolute atomic E-state index is 0.310. The van der Waals surface area contributed by atoms with Gasteiger partial charge < -0.3 is 15.7 Å². The molecule has 0 saturated carbocycles. The van der Waals surface area contributed by atoms with Gasteiger partial charge in [-0.2, -0.15) is 0 Å². The average molecular weight is 188 g/mol. The molecule has 0 radical (unpaired) electrons. The van der Waals surface area contributed by atoms with Gasteiger partial charge in [0.1, 0.15) is 6.10 Å². The van der Waals surface area contributed by atoms with Gasteiger partial charge in [0.25, 0.3) is 5.91 Å². The smallest absolute Gasteiger partial charge is 0.251 e. The van der Waals surface area contributed by atoms with E-state index in [2.05, 4.69) is 0 Å². The SMILES string of the molecule is CCN(CC)C(=O)[C@@H](O)CC(N)=O. The Morgan fingerprint density at radius 3 is 2.15 bits per heavy atom. The third kappa shape index (κ3) is 3.89. The van der Waals surface area contributed by atoms with Crippen LogP contribution in [0.3, 0.4) is 0 Å². The molecule has 0 bridgehead atoms. The Morgan fingerprint density at radius 1 is 1.38 bits per heavy atom. The fourth-order valence-electron chi connectivity index (χ4n) is 1.02. The Kier molecular flexibility index (Phi) is 5.06. The minimum Gasteiger partial charge on any atom is -0.383 e.